The van der Waals surface area contributed by atoms with Crippen molar-refractivity contribution >= 4 is 29.3 Å². The Morgan fingerprint density at radius 1 is 1.39 bits per heavy atom. The van der Waals surface area contributed by atoms with E-state index in [2.05, 4.69) is 26.1 Å². The van der Waals surface area contributed by atoms with Gasteiger partial charge in [-0.05, 0) is 42.1 Å². The van der Waals surface area contributed by atoms with Crippen molar-refractivity contribution in [3.63, 3.8) is 0 Å². The molecule has 1 fully saturated rings. The molecule has 1 amide bonds. The normalized spacial score (nSPS) is 19.6. The van der Waals surface area contributed by atoms with E-state index in [0.29, 0.717) is 18.9 Å². The predicted molar refractivity (Wildman–Crippen MR) is 81.4 cm³/mol. The molecule has 1 aliphatic heterocycles. The number of halogens is 1. The third-order valence-electron chi connectivity index (χ3n) is 3.17. The van der Waals surface area contributed by atoms with Gasteiger partial charge in [0.15, 0.2) is 0 Å². The molecule has 0 saturated carbocycles. The molecule has 1 heterocycles. The van der Waals surface area contributed by atoms with Crippen molar-refractivity contribution in [3.05, 3.63) is 0 Å². The largest absolute Gasteiger partial charge is 0.355 e. The zero-order valence-corrected chi connectivity index (χ0v) is 13.4. The van der Waals surface area contributed by atoms with E-state index in [4.69, 9.17) is 11.6 Å². The third-order valence-corrected chi connectivity index (χ3v) is 4.53. The van der Waals surface area contributed by atoms with Crippen LogP contribution in [0.25, 0.3) is 0 Å². The highest BCUT2D eigenvalue weighted by atomic mass is 35.5. The second kappa shape index (κ2) is 7.64. The number of rotatable bonds is 5. The number of nitrogens with one attached hydrogen (secondary N) is 1. The number of thioether (sulfide) groups is 1. The summed E-state index contributed by atoms with van der Waals surface area (Å²) in [5.41, 5.74) is 0.220. The molecule has 106 valence electrons. The quantitative estimate of drug-likeness (QED) is 0.783. The summed E-state index contributed by atoms with van der Waals surface area (Å²) >= 11 is 8.23. The van der Waals surface area contributed by atoms with E-state index in [1.807, 2.05) is 11.8 Å². The highest BCUT2D eigenvalue weighted by Gasteiger charge is 2.19. The van der Waals surface area contributed by atoms with Crippen molar-refractivity contribution in [1.29, 1.82) is 0 Å². The molecule has 1 saturated heterocycles. The van der Waals surface area contributed by atoms with Crippen molar-refractivity contribution in [2.24, 2.45) is 11.3 Å². The Morgan fingerprint density at radius 2 is 2.00 bits per heavy atom. The topological polar surface area (TPSA) is 29.1 Å². The SMILES string of the molecule is CC(C)(C)CC(Cl)CNC(=O)CC1CCSCC1. The van der Waals surface area contributed by atoms with Crippen molar-refractivity contribution in [2.75, 3.05) is 18.1 Å². The summed E-state index contributed by atoms with van der Waals surface area (Å²) in [6, 6.07) is 0. The van der Waals surface area contributed by atoms with E-state index in [1.165, 1.54) is 24.3 Å². The fraction of sp³-hybridized carbons (Fsp3) is 0.929. The number of hydrogen-bond acceptors (Lipinski definition) is 2. The predicted octanol–water partition coefficient (Wildman–Crippen LogP) is 3.68. The van der Waals surface area contributed by atoms with Crippen LogP contribution in [-0.2, 0) is 4.79 Å². The van der Waals surface area contributed by atoms with Crippen molar-refractivity contribution in [3.8, 4) is 0 Å². The first-order valence-electron chi connectivity index (χ1n) is 6.85. The minimum atomic E-state index is 0.0378. The Hall–Kier alpha value is 0.110. The minimum absolute atomic E-state index is 0.0378. The molecule has 1 rings (SSSR count). The van der Waals surface area contributed by atoms with Crippen molar-refractivity contribution in [2.45, 2.75) is 51.8 Å². The lowest BCUT2D eigenvalue weighted by Crippen LogP contribution is -2.33. The zero-order valence-electron chi connectivity index (χ0n) is 11.8. The third kappa shape index (κ3) is 7.52. The van der Waals surface area contributed by atoms with Gasteiger partial charge < -0.3 is 5.32 Å². The van der Waals surface area contributed by atoms with Crippen LogP contribution in [0.15, 0.2) is 0 Å². The summed E-state index contributed by atoms with van der Waals surface area (Å²) in [5, 5.41) is 3.01. The summed E-state index contributed by atoms with van der Waals surface area (Å²) in [6.45, 7) is 7.11. The molecule has 1 aliphatic rings. The molecule has 0 radical (unpaired) electrons. The first-order chi connectivity index (χ1) is 8.37. The molecule has 0 aromatic heterocycles. The van der Waals surface area contributed by atoms with Crippen LogP contribution in [0.2, 0.25) is 0 Å². The Morgan fingerprint density at radius 3 is 2.56 bits per heavy atom. The van der Waals surface area contributed by atoms with Crippen LogP contribution in [0.4, 0.5) is 0 Å². The molecule has 1 N–H and O–H groups in total. The van der Waals surface area contributed by atoms with E-state index in [0.717, 1.165) is 6.42 Å². The smallest absolute Gasteiger partial charge is 0.220 e. The number of carbonyl (C=O) groups is 1. The first kappa shape index (κ1) is 16.2. The van der Waals surface area contributed by atoms with Gasteiger partial charge >= 0.3 is 0 Å². The maximum Gasteiger partial charge on any atom is 0.220 e. The van der Waals surface area contributed by atoms with Gasteiger partial charge in [-0.25, -0.2) is 0 Å². The van der Waals surface area contributed by atoms with Gasteiger partial charge in [0.25, 0.3) is 0 Å². The Labute approximate surface area is 121 Å². The van der Waals surface area contributed by atoms with Gasteiger partial charge in [-0.1, -0.05) is 20.8 Å². The van der Waals surface area contributed by atoms with Crippen LogP contribution in [-0.4, -0.2) is 29.3 Å². The summed E-state index contributed by atoms with van der Waals surface area (Å²) < 4.78 is 0. The molecular weight excluding hydrogens is 266 g/mol. The summed E-state index contributed by atoms with van der Waals surface area (Å²) in [6.07, 6.45) is 3.98. The maximum absolute atomic E-state index is 11.8. The van der Waals surface area contributed by atoms with E-state index in [9.17, 15) is 4.79 Å². The van der Waals surface area contributed by atoms with Gasteiger partial charge in [-0.2, -0.15) is 11.8 Å². The maximum atomic E-state index is 11.8. The molecule has 1 unspecified atom stereocenters. The summed E-state index contributed by atoms with van der Waals surface area (Å²) in [4.78, 5) is 11.8. The van der Waals surface area contributed by atoms with Crippen LogP contribution in [0.5, 0.6) is 0 Å². The Kier molecular flexibility index (Phi) is 6.86. The fourth-order valence-corrected chi connectivity index (χ4v) is 3.99. The average molecular weight is 292 g/mol. The lowest BCUT2D eigenvalue weighted by molar-refractivity contribution is -0.122. The highest BCUT2D eigenvalue weighted by Crippen LogP contribution is 2.25. The fourth-order valence-electron chi connectivity index (χ4n) is 2.25. The van der Waals surface area contributed by atoms with Crippen LogP contribution in [0.1, 0.15) is 46.5 Å². The molecule has 0 aliphatic carbocycles. The molecule has 0 aromatic rings. The van der Waals surface area contributed by atoms with Crippen LogP contribution >= 0.6 is 23.4 Å². The van der Waals surface area contributed by atoms with Gasteiger partial charge in [0.05, 0.1) is 5.38 Å². The van der Waals surface area contributed by atoms with Crippen LogP contribution in [0, 0.1) is 11.3 Å². The molecule has 0 aromatic carbocycles. The molecule has 1 atom stereocenters. The van der Waals surface area contributed by atoms with Crippen molar-refractivity contribution < 1.29 is 4.79 Å². The zero-order chi connectivity index (χ0) is 13.6. The van der Waals surface area contributed by atoms with Crippen LogP contribution < -0.4 is 5.32 Å². The summed E-state index contributed by atoms with van der Waals surface area (Å²) in [7, 11) is 0. The monoisotopic (exact) mass is 291 g/mol. The molecule has 0 spiro atoms. The van der Waals surface area contributed by atoms with Gasteiger partial charge in [0.1, 0.15) is 0 Å². The van der Waals surface area contributed by atoms with E-state index < -0.39 is 0 Å². The van der Waals surface area contributed by atoms with E-state index in [-0.39, 0.29) is 16.7 Å². The molecular formula is C14H26ClNOS. The second-order valence-electron chi connectivity index (χ2n) is 6.43. The van der Waals surface area contributed by atoms with Crippen molar-refractivity contribution in [1.82, 2.24) is 5.32 Å². The molecule has 18 heavy (non-hydrogen) atoms. The van der Waals surface area contributed by atoms with E-state index >= 15 is 0 Å². The molecule has 4 heteroatoms. The lowest BCUT2D eigenvalue weighted by atomic mass is 9.90. The lowest BCUT2D eigenvalue weighted by Gasteiger charge is -2.23. The number of hydrogen-bond donors (Lipinski definition) is 1. The van der Waals surface area contributed by atoms with Gasteiger partial charge in [0.2, 0.25) is 5.91 Å². The Balaban J connectivity index is 2.16. The summed E-state index contributed by atoms with van der Waals surface area (Å²) in [5.74, 6) is 3.18. The number of amides is 1. The Bertz CT molecular complexity index is 259. The van der Waals surface area contributed by atoms with Gasteiger partial charge in [-0.3, -0.25) is 4.79 Å². The molecule has 2 nitrogen and oxygen atoms in total. The standard InChI is InChI=1S/C14H26ClNOS/c1-14(2,3)9-12(15)10-16-13(17)8-11-4-6-18-7-5-11/h11-12H,4-10H2,1-3H3,(H,16,17). The second-order valence-corrected chi connectivity index (χ2v) is 8.27. The van der Waals surface area contributed by atoms with Gasteiger partial charge in [0, 0.05) is 13.0 Å². The average Bonchev–Trinajstić information content (AvgIpc) is 2.25. The van der Waals surface area contributed by atoms with E-state index in [1.54, 1.807) is 0 Å². The minimum Gasteiger partial charge on any atom is -0.355 e. The first-order valence-corrected chi connectivity index (χ1v) is 8.44. The number of carbonyl (C=O) groups excluding carboxylic acids is 1. The molecule has 0 bridgehead atoms. The number of alkyl halides is 1. The highest BCUT2D eigenvalue weighted by molar-refractivity contribution is 7.99. The van der Waals surface area contributed by atoms with Gasteiger partial charge in [-0.15, -0.1) is 11.6 Å². The van der Waals surface area contributed by atoms with Crippen LogP contribution in [0.3, 0.4) is 0 Å².